The number of carboxylic acid groups (broad SMARTS) is 1. The molecule has 0 aliphatic carbocycles. The number of rotatable bonds is 47. The van der Waals surface area contributed by atoms with Crippen molar-refractivity contribution in [1.82, 2.24) is 0 Å². The van der Waals surface area contributed by atoms with Gasteiger partial charge in [-0.2, -0.15) is 0 Å². The Balaban J connectivity index is 4.65. The van der Waals surface area contributed by atoms with Gasteiger partial charge in [-0.1, -0.05) is 232 Å². The summed E-state index contributed by atoms with van der Waals surface area (Å²) >= 11 is 0. The van der Waals surface area contributed by atoms with Crippen molar-refractivity contribution < 1.29 is 29.0 Å². The highest BCUT2D eigenvalue weighted by Gasteiger charge is 2.29. The van der Waals surface area contributed by atoms with Gasteiger partial charge in [-0.25, -0.2) is 4.79 Å². The lowest BCUT2D eigenvalue weighted by molar-refractivity contribution is -0.175. The Hall–Kier alpha value is -1.85. The molecule has 0 rings (SSSR count). The van der Waals surface area contributed by atoms with Gasteiger partial charge in [0.05, 0.1) is 6.42 Å². The minimum Gasteiger partial charge on any atom is -0.481 e. The van der Waals surface area contributed by atoms with E-state index < -0.39 is 30.4 Å². The summed E-state index contributed by atoms with van der Waals surface area (Å²) in [7, 11) is 0. The Morgan fingerprint density at radius 1 is 0.414 bits per heavy atom. The maximum Gasteiger partial charge on any atom is 0.348 e. The maximum absolute atomic E-state index is 13.3. The van der Waals surface area contributed by atoms with Gasteiger partial charge in [-0.15, -0.1) is 0 Å². The van der Waals surface area contributed by atoms with Crippen LogP contribution >= 0.6 is 0 Å². The number of allylic oxidation sites excluding steroid dienone is 2. The first-order valence-corrected chi connectivity index (χ1v) is 25.7. The molecule has 1 N–H and O–H groups in total. The van der Waals surface area contributed by atoms with Crippen LogP contribution in [-0.2, 0) is 23.9 Å². The topological polar surface area (TPSA) is 89.9 Å². The number of esters is 2. The van der Waals surface area contributed by atoms with E-state index in [9.17, 15) is 19.5 Å². The largest absolute Gasteiger partial charge is 0.481 e. The van der Waals surface area contributed by atoms with Crippen molar-refractivity contribution in [2.24, 2.45) is 0 Å². The van der Waals surface area contributed by atoms with Crippen molar-refractivity contribution >= 4 is 17.9 Å². The van der Waals surface area contributed by atoms with Gasteiger partial charge in [0.15, 0.2) is 0 Å². The fourth-order valence-corrected chi connectivity index (χ4v) is 7.99. The van der Waals surface area contributed by atoms with Crippen molar-refractivity contribution in [2.75, 3.05) is 0 Å². The van der Waals surface area contributed by atoms with Crippen molar-refractivity contribution in [3.63, 3.8) is 0 Å². The molecule has 0 amide bonds. The molecule has 0 aliphatic heterocycles. The molecule has 0 saturated carbocycles. The number of carbonyl (C=O) groups excluding carboxylic acids is 2. The van der Waals surface area contributed by atoms with Crippen molar-refractivity contribution in [1.29, 1.82) is 0 Å². The lowest BCUT2D eigenvalue weighted by Gasteiger charge is -2.22. The summed E-state index contributed by atoms with van der Waals surface area (Å²) in [5, 5.41) is 9.55. The lowest BCUT2D eigenvalue weighted by Crippen LogP contribution is -2.34. The Kier molecular flexibility index (Phi) is 44.7. The van der Waals surface area contributed by atoms with Crippen LogP contribution < -0.4 is 0 Å². The van der Waals surface area contributed by atoms with Crippen molar-refractivity contribution in [3.8, 4) is 0 Å². The number of ether oxygens (including phenoxy) is 2. The fraction of sp³-hybridized carbons (Fsp3) is 0.904. The molecular weight excluding hydrogens is 721 g/mol. The number of carbonyl (C=O) groups is 3. The zero-order chi connectivity index (χ0) is 42.4. The first-order valence-electron chi connectivity index (χ1n) is 25.7. The Labute approximate surface area is 360 Å². The highest BCUT2D eigenvalue weighted by Crippen LogP contribution is 2.20. The number of hydrogen-bond donors (Lipinski definition) is 1. The van der Waals surface area contributed by atoms with E-state index in [4.69, 9.17) is 9.47 Å². The second kappa shape index (κ2) is 46.2. The molecule has 0 saturated heterocycles. The average molecular weight is 819 g/mol. The monoisotopic (exact) mass is 819 g/mol. The third-order valence-corrected chi connectivity index (χ3v) is 11.8. The van der Waals surface area contributed by atoms with Gasteiger partial charge in [0.2, 0.25) is 6.10 Å². The second-order valence-corrected chi connectivity index (χ2v) is 17.7. The molecular formula is C52H98O6. The van der Waals surface area contributed by atoms with Crippen LogP contribution in [0, 0.1) is 0 Å². The highest BCUT2D eigenvalue weighted by atomic mass is 16.6. The van der Waals surface area contributed by atoms with E-state index in [2.05, 4.69) is 32.9 Å². The number of carboxylic acids is 1. The predicted molar refractivity (Wildman–Crippen MR) is 247 cm³/mol. The van der Waals surface area contributed by atoms with Crippen LogP contribution in [0.4, 0.5) is 0 Å². The van der Waals surface area contributed by atoms with E-state index in [1.807, 2.05) is 0 Å². The van der Waals surface area contributed by atoms with Crippen LogP contribution in [0.3, 0.4) is 0 Å². The van der Waals surface area contributed by atoms with E-state index in [-0.39, 0.29) is 12.5 Å². The van der Waals surface area contributed by atoms with Gasteiger partial charge in [-0.3, -0.25) is 9.59 Å². The highest BCUT2D eigenvalue weighted by molar-refractivity contribution is 5.84. The number of unbranched alkanes of at least 4 members (excludes halogenated alkanes) is 34. The van der Waals surface area contributed by atoms with Gasteiger partial charge < -0.3 is 14.6 Å². The Morgan fingerprint density at radius 2 is 0.724 bits per heavy atom. The number of aliphatic carboxylic acids is 1. The third-order valence-electron chi connectivity index (χ3n) is 11.8. The molecule has 0 aromatic heterocycles. The molecule has 0 fully saturated rings. The van der Waals surface area contributed by atoms with Gasteiger partial charge in [0.25, 0.3) is 0 Å². The molecule has 0 spiro atoms. The minimum atomic E-state index is -1.38. The van der Waals surface area contributed by atoms with Gasteiger partial charge in [0, 0.05) is 6.42 Å². The SMILES string of the molecule is CCCCCCCC/C=C\CCCCCCCCC(CCCCCCCCCCCCCCC)OC(=O)C(CC(=O)O)OC(=O)CCCCCCCCCCCCC. The maximum atomic E-state index is 13.3. The zero-order valence-electron chi connectivity index (χ0n) is 39.0. The minimum absolute atomic E-state index is 0.207. The van der Waals surface area contributed by atoms with Crippen LogP contribution in [0.2, 0.25) is 0 Å². The molecule has 0 bridgehead atoms. The molecule has 0 heterocycles. The fourth-order valence-electron chi connectivity index (χ4n) is 7.99. The number of hydrogen-bond acceptors (Lipinski definition) is 5. The van der Waals surface area contributed by atoms with Crippen molar-refractivity contribution in [2.45, 2.75) is 303 Å². The molecule has 0 radical (unpaired) electrons. The van der Waals surface area contributed by atoms with Crippen LogP contribution in [0.25, 0.3) is 0 Å². The molecule has 58 heavy (non-hydrogen) atoms. The first kappa shape index (κ1) is 56.1. The average Bonchev–Trinajstić information content (AvgIpc) is 3.20. The van der Waals surface area contributed by atoms with Gasteiger partial charge >= 0.3 is 17.9 Å². The van der Waals surface area contributed by atoms with Crippen LogP contribution in [-0.4, -0.2) is 35.2 Å². The van der Waals surface area contributed by atoms with Crippen LogP contribution in [0.5, 0.6) is 0 Å². The third kappa shape index (κ3) is 42.3. The van der Waals surface area contributed by atoms with E-state index in [0.29, 0.717) is 6.42 Å². The Morgan fingerprint density at radius 3 is 1.07 bits per heavy atom. The summed E-state index contributed by atoms with van der Waals surface area (Å²) in [5.41, 5.74) is 0. The smallest absolute Gasteiger partial charge is 0.348 e. The van der Waals surface area contributed by atoms with Gasteiger partial charge in [-0.05, 0) is 57.8 Å². The zero-order valence-corrected chi connectivity index (χ0v) is 39.0. The normalized spacial score (nSPS) is 12.6. The first-order chi connectivity index (χ1) is 28.4. The van der Waals surface area contributed by atoms with E-state index in [1.165, 1.54) is 199 Å². The molecule has 0 aliphatic rings. The molecule has 2 unspecified atom stereocenters. The predicted octanol–water partition coefficient (Wildman–Crippen LogP) is 16.9. The summed E-state index contributed by atoms with van der Waals surface area (Å²) < 4.78 is 11.4. The summed E-state index contributed by atoms with van der Waals surface area (Å²) in [6, 6.07) is 0. The lowest BCUT2D eigenvalue weighted by atomic mass is 10.0. The summed E-state index contributed by atoms with van der Waals surface area (Å²) in [6.45, 7) is 6.78. The summed E-state index contributed by atoms with van der Waals surface area (Å²) in [4.78, 5) is 37.7. The quantitative estimate of drug-likeness (QED) is 0.0374. The van der Waals surface area contributed by atoms with Crippen molar-refractivity contribution in [3.05, 3.63) is 12.2 Å². The Bertz CT molecular complexity index is 916. The van der Waals surface area contributed by atoms with Crippen LogP contribution in [0.15, 0.2) is 12.2 Å². The van der Waals surface area contributed by atoms with Crippen LogP contribution in [0.1, 0.15) is 290 Å². The molecule has 0 aromatic carbocycles. The molecule has 0 aromatic rings. The summed E-state index contributed by atoms with van der Waals surface area (Å²) in [6.07, 6.45) is 51.5. The molecule has 6 nitrogen and oxygen atoms in total. The molecule has 342 valence electrons. The van der Waals surface area contributed by atoms with E-state index in [0.717, 1.165) is 51.4 Å². The standard InChI is InChI=1S/C52H98O6/c1-4-7-10-13-16-19-22-24-25-26-28-31-33-36-39-42-45-48(44-41-38-35-32-30-27-23-20-17-14-11-8-5-2)57-52(56)49(47-50(53)54)58-51(55)46-43-40-37-34-29-21-18-15-12-9-6-3/h24-25,48-49H,4-23,26-47H2,1-3H3,(H,53,54)/b25-24-. The van der Waals surface area contributed by atoms with E-state index >= 15 is 0 Å². The molecule has 6 heteroatoms. The molecule has 2 atom stereocenters. The summed E-state index contributed by atoms with van der Waals surface area (Å²) in [5.74, 6) is -2.36. The van der Waals surface area contributed by atoms with E-state index in [1.54, 1.807) is 0 Å². The second-order valence-electron chi connectivity index (χ2n) is 17.7. The van der Waals surface area contributed by atoms with Gasteiger partial charge in [0.1, 0.15) is 6.10 Å².